The number of nitrogens with zero attached hydrogens (tertiary/aromatic N) is 1. The molecule has 2 rings (SSSR count). The molecule has 0 N–H and O–H groups in total. The maximum atomic E-state index is 5.77. The van der Waals surface area contributed by atoms with Gasteiger partial charge in [0.25, 0.3) is 0 Å². The zero-order chi connectivity index (χ0) is 12.1. The molecule has 17 heavy (non-hydrogen) atoms. The molecule has 2 heteroatoms. The van der Waals surface area contributed by atoms with Crippen LogP contribution in [-0.2, 0) is 6.42 Å². The summed E-state index contributed by atoms with van der Waals surface area (Å²) in [4.78, 5) is 4.39. The first-order chi connectivity index (χ1) is 8.36. The van der Waals surface area contributed by atoms with E-state index >= 15 is 0 Å². The van der Waals surface area contributed by atoms with Crippen LogP contribution < -0.4 is 4.74 Å². The Morgan fingerprint density at radius 1 is 1.06 bits per heavy atom. The van der Waals surface area contributed by atoms with Crippen molar-refractivity contribution in [1.29, 1.82) is 0 Å². The Morgan fingerprint density at radius 3 is 2.59 bits per heavy atom. The number of benzene rings is 1. The molecular weight excluding hydrogens is 210 g/mol. The predicted octanol–water partition coefficient (Wildman–Crippen LogP) is 3.71. The van der Waals surface area contributed by atoms with Crippen LogP contribution in [0.5, 0.6) is 5.75 Å². The van der Waals surface area contributed by atoms with Crippen LogP contribution in [0.2, 0.25) is 0 Å². The highest BCUT2D eigenvalue weighted by atomic mass is 16.5. The van der Waals surface area contributed by atoms with Crippen LogP contribution >= 0.6 is 0 Å². The number of aryl methyl sites for hydroxylation is 1. The zero-order valence-electron chi connectivity index (χ0n) is 10.3. The monoisotopic (exact) mass is 227 g/mol. The lowest BCUT2D eigenvalue weighted by atomic mass is 10.0. The van der Waals surface area contributed by atoms with Gasteiger partial charge in [-0.2, -0.15) is 0 Å². The van der Waals surface area contributed by atoms with E-state index in [9.17, 15) is 0 Å². The molecule has 0 fully saturated rings. The molecule has 2 aromatic rings. The third kappa shape index (κ3) is 2.47. The number of pyridine rings is 1. The van der Waals surface area contributed by atoms with Crippen LogP contribution in [0.4, 0.5) is 0 Å². The van der Waals surface area contributed by atoms with E-state index in [4.69, 9.17) is 4.74 Å². The minimum absolute atomic E-state index is 0.677. The molecule has 0 amide bonds. The fourth-order valence-electron chi connectivity index (χ4n) is 1.90. The summed E-state index contributed by atoms with van der Waals surface area (Å²) in [7, 11) is 0. The van der Waals surface area contributed by atoms with Gasteiger partial charge in [0.2, 0.25) is 0 Å². The summed E-state index contributed by atoms with van der Waals surface area (Å²) in [5, 5.41) is 0. The first-order valence-electron chi connectivity index (χ1n) is 6.03. The van der Waals surface area contributed by atoms with Gasteiger partial charge in [0, 0.05) is 11.8 Å². The molecule has 1 heterocycles. The number of rotatable bonds is 4. The zero-order valence-corrected chi connectivity index (χ0v) is 10.3. The van der Waals surface area contributed by atoms with Crippen molar-refractivity contribution < 1.29 is 4.74 Å². The number of ether oxygens (including phenoxy) is 1. The van der Waals surface area contributed by atoms with E-state index in [1.165, 1.54) is 5.56 Å². The molecule has 0 radical (unpaired) electrons. The maximum absolute atomic E-state index is 5.77. The highest BCUT2D eigenvalue weighted by molar-refractivity contribution is 5.69. The van der Waals surface area contributed by atoms with Crippen LogP contribution in [0, 0.1) is 0 Å². The molecule has 0 spiro atoms. The Balaban J connectivity index is 2.53. The van der Waals surface area contributed by atoms with Gasteiger partial charge in [0.05, 0.1) is 12.3 Å². The van der Waals surface area contributed by atoms with Crippen LogP contribution in [0.25, 0.3) is 11.3 Å². The van der Waals surface area contributed by atoms with Gasteiger partial charge < -0.3 is 4.74 Å². The van der Waals surface area contributed by atoms with Crippen molar-refractivity contribution in [2.45, 2.75) is 20.3 Å². The summed E-state index contributed by atoms with van der Waals surface area (Å²) >= 11 is 0. The van der Waals surface area contributed by atoms with E-state index in [2.05, 4.69) is 30.1 Å². The Labute approximate surface area is 102 Å². The molecular formula is C15H17NO. The van der Waals surface area contributed by atoms with Crippen LogP contribution in [0.3, 0.4) is 0 Å². The van der Waals surface area contributed by atoms with E-state index in [1.54, 1.807) is 0 Å². The van der Waals surface area contributed by atoms with Crippen molar-refractivity contribution in [2.24, 2.45) is 0 Å². The lowest BCUT2D eigenvalue weighted by Crippen LogP contribution is -1.99. The molecule has 0 bridgehead atoms. The summed E-state index contributed by atoms with van der Waals surface area (Å²) < 4.78 is 5.77. The van der Waals surface area contributed by atoms with Crippen LogP contribution in [0.1, 0.15) is 19.4 Å². The van der Waals surface area contributed by atoms with E-state index in [0.717, 1.165) is 23.4 Å². The minimum Gasteiger partial charge on any atom is -0.493 e. The van der Waals surface area contributed by atoms with Crippen molar-refractivity contribution in [2.75, 3.05) is 6.61 Å². The Bertz CT molecular complexity index is 480. The summed E-state index contributed by atoms with van der Waals surface area (Å²) in [5.41, 5.74) is 3.27. The van der Waals surface area contributed by atoms with Crippen molar-refractivity contribution in [1.82, 2.24) is 4.98 Å². The second-order valence-corrected chi connectivity index (χ2v) is 3.80. The first kappa shape index (κ1) is 11.6. The van der Waals surface area contributed by atoms with Gasteiger partial charge in [0.1, 0.15) is 5.75 Å². The smallest absolute Gasteiger partial charge is 0.131 e. The summed E-state index contributed by atoms with van der Waals surface area (Å²) in [6.07, 6.45) is 2.78. The van der Waals surface area contributed by atoms with E-state index in [1.807, 2.05) is 31.3 Å². The van der Waals surface area contributed by atoms with Crippen LogP contribution in [-0.4, -0.2) is 11.6 Å². The lowest BCUT2D eigenvalue weighted by molar-refractivity contribution is 0.338. The van der Waals surface area contributed by atoms with E-state index in [-0.39, 0.29) is 0 Å². The van der Waals surface area contributed by atoms with Gasteiger partial charge in [-0.3, -0.25) is 4.98 Å². The molecule has 0 aliphatic rings. The Kier molecular flexibility index (Phi) is 3.76. The van der Waals surface area contributed by atoms with Gasteiger partial charge in [0.15, 0.2) is 0 Å². The summed E-state index contributed by atoms with van der Waals surface area (Å²) in [6.45, 7) is 4.82. The summed E-state index contributed by atoms with van der Waals surface area (Å²) in [5.74, 6) is 0.969. The van der Waals surface area contributed by atoms with E-state index in [0.29, 0.717) is 6.61 Å². The van der Waals surface area contributed by atoms with Crippen molar-refractivity contribution >= 4 is 0 Å². The molecule has 2 nitrogen and oxygen atoms in total. The highest BCUT2D eigenvalue weighted by Gasteiger charge is 2.10. The molecule has 88 valence electrons. The Hall–Kier alpha value is -1.83. The first-order valence-corrected chi connectivity index (χ1v) is 6.03. The quantitative estimate of drug-likeness (QED) is 0.794. The molecule has 1 aromatic heterocycles. The SMILES string of the molecule is CCOc1c(CC)cccc1-c1ccccn1. The van der Waals surface area contributed by atoms with Crippen molar-refractivity contribution in [3.05, 3.63) is 48.2 Å². The van der Waals surface area contributed by atoms with Crippen molar-refractivity contribution in [3.8, 4) is 17.0 Å². The second kappa shape index (κ2) is 5.48. The molecule has 1 aromatic carbocycles. The third-order valence-corrected chi connectivity index (χ3v) is 2.71. The minimum atomic E-state index is 0.677. The highest BCUT2D eigenvalue weighted by Crippen LogP contribution is 2.32. The molecule has 0 atom stereocenters. The van der Waals surface area contributed by atoms with Gasteiger partial charge in [-0.25, -0.2) is 0 Å². The van der Waals surface area contributed by atoms with Gasteiger partial charge in [-0.1, -0.05) is 25.1 Å². The average Bonchev–Trinajstić information content (AvgIpc) is 2.40. The standard InChI is InChI=1S/C15H17NO/c1-3-12-8-7-9-13(15(12)17-4-2)14-10-5-6-11-16-14/h5-11H,3-4H2,1-2H3. The van der Waals surface area contributed by atoms with Gasteiger partial charge in [-0.15, -0.1) is 0 Å². The molecule has 0 saturated heterocycles. The third-order valence-electron chi connectivity index (χ3n) is 2.71. The molecule has 0 aliphatic carbocycles. The fraction of sp³-hybridized carbons (Fsp3) is 0.267. The number of hydrogen-bond acceptors (Lipinski definition) is 2. The molecule has 0 saturated carbocycles. The second-order valence-electron chi connectivity index (χ2n) is 3.80. The number of aromatic nitrogens is 1. The van der Waals surface area contributed by atoms with Gasteiger partial charge >= 0.3 is 0 Å². The predicted molar refractivity (Wildman–Crippen MR) is 70.2 cm³/mol. The van der Waals surface area contributed by atoms with Gasteiger partial charge in [-0.05, 0) is 37.1 Å². The number of hydrogen-bond donors (Lipinski definition) is 0. The average molecular weight is 227 g/mol. The maximum Gasteiger partial charge on any atom is 0.131 e. The topological polar surface area (TPSA) is 22.1 Å². The normalized spacial score (nSPS) is 10.2. The Morgan fingerprint density at radius 2 is 1.94 bits per heavy atom. The molecule has 0 aliphatic heterocycles. The largest absolute Gasteiger partial charge is 0.493 e. The van der Waals surface area contributed by atoms with Crippen molar-refractivity contribution in [3.63, 3.8) is 0 Å². The lowest BCUT2D eigenvalue weighted by Gasteiger charge is -2.13. The fourth-order valence-corrected chi connectivity index (χ4v) is 1.90. The van der Waals surface area contributed by atoms with E-state index < -0.39 is 0 Å². The summed E-state index contributed by atoms with van der Waals surface area (Å²) in [6, 6.07) is 12.2. The number of para-hydroxylation sites is 1. The van der Waals surface area contributed by atoms with Crippen LogP contribution in [0.15, 0.2) is 42.6 Å². The molecule has 0 unspecified atom stereocenters.